The van der Waals surface area contributed by atoms with Crippen molar-refractivity contribution in [1.82, 2.24) is 10.2 Å². The molecule has 3 rings (SSSR count). The molecule has 2 aliphatic rings. The van der Waals surface area contributed by atoms with Gasteiger partial charge in [-0.3, -0.25) is 29.4 Å². The normalized spacial score (nSPS) is 19.4. The van der Waals surface area contributed by atoms with Crippen molar-refractivity contribution in [2.45, 2.75) is 39.2 Å². The number of hydrogen-bond acceptors (Lipinski definition) is 7. The molecule has 1 saturated heterocycles. The van der Waals surface area contributed by atoms with E-state index in [2.05, 4.69) is 24.5 Å². The molecule has 2 unspecified atom stereocenters. The maximum Gasteiger partial charge on any atom is 0.264 e. The molecule has 2 heterocycles. The summed E-state index contributed by atoms with van der Waals surface area (Å²) in [5.74, 6) is -1.54. The minimum atomic E-state index is -0.975. The predicted molar refractivity (Wildman–Crippen MR) is 113 cm³/mol. The summed E-state index contributed by atoms with van der Waals surface area (Å²) < 4.78 is 11.1. The highest BCUT2D eigenvalue weighted by atomic mass is 16.5. The van der Waals surface area contributed by atoms with E-state index in [-0.39, 0.29) is 24.0 Å². The van der Waals surface area contributed by atoms with Crippen molar-refractivity contribution in [2.75, 3.05) is 38.3 Å². The Labute approximate surface area is 181 Å². The summed E-state index contributed by atoms with van der Waals surface area (Å²) in [5.41, 5.74) is 1.01. The Morgan fingerprint density at radius 1 is 1.13 bits per heavy atom. The third-order valence-corrected chi connectivity index (χ3v) is 5.50. The number of rotatable bonds is 11. The zero-order chi connectivity index (χ0) is 22.4. The number of imide groups is 2. The second-order valence-electron chi connectivity index (χ2n) is 7.80. The van der Waals surface area contributed by atoms with E-state index in [1.54, 1.807) is 18.2 Å². The fourth-order valence-corrected chi connectivity index (χ4v) is 3.54. The minimum absolute atomic E-state index is 0.0906. The third kappa shape index (κ3) is 5.29. The van der Waals surface area contributed by atoms with Gasteiger partial charge in [0.05, 0.1) is 30.9 Å². The van der Waals surface area contributed by atoms with E-state index >= 15 is 0 Å². The van der Waals surface area contributed by atoms with Crippen LogP contribution in [0, 0.1) is 5.92 Å². The molecule has 1 aromatic rings. The second kappa shape index (κ2) is 10.5. The molecule has 0 aliphatic carbocycles. The molecule has 0 aromatic heterocycles. The number of anilines is 1. The minimum Gasteiger partial charge on any atom is -0.382 e. The van der Waals surface area contributed by atoms with Crippen molar-refractivity contribution < 1.29 is 28.7 Å². The zero-order valence-electron chi connectivity index (χ0n) is 17.9. The number of nitrogens with one attached hydrogen (secondary N) is 2. The number of benzene rings is 1. The van der Waals surface area contributed by atoms with Crippen LogP contribution < -0.4 is 10.6 Å². The standard InChI is InChI=1S/C22H29N3O6/c1-3-14(2)13-31-12-11-30-10-9-23-16-6-4-5-15-19(16)22(29)25(21(15)28)17-7-8-18(26)24-20(17)27/h4-6,14,17,23H,3,7-13H2,1-2H3,(H,24,26,27). The van der Waals surface area contributed by atoms with Gasteiger partial charge in [-0.1, -0.05) is 26.3 Å². The maximum atomic E-state index is 13.0. The molecule has 1 fully saturated rings. The van der Waals surface area contributed by atoms with E-state index in [4.69, 9.17) is 9.47 Å². The van der Waals surface area contributed by atoms with Gasteiger partial charge >= 0.3 is 0 Å². The van der Waals surface area contributed by atoms with Gasteiger partial charge in [0.15, 0.2) is 0 Å². The smallest absolute Gasteiger partial charge is 0.264 e. The molecule has 9 nitrogen and oxygen atoms in total. The average Bonchev–Trinajstić information content (AvgIpc) is 3.01. The molecule has 4 amide bonds. The monoisotopic (exact) mass is 431 g/mol. The molecule has 9 heteroatoms. The van der Waals surface area contributed by atoms with Crippen LogP contribution in [0.2, 0.25) is 0 Å². The van der Waals surface area contributed by atoms with Crippen molar-refractivity contribution in [3.63, 3.8) is 0 Å². The van der Waals surface area contributed by atoms with E-state index in [1.807, 2.05) is 0 Å². The molecule has 2 aliphatic heterocycles. The largest absolute Gasteiger partial charge is 0.382 e. The molecule has 0 bridgehead atoms. The summed E-state index contributed by atoms with van der Waals surface area (Å²) in [6.07, 6.45) is 1.30. The SMILES string of the molecule is CCC(C)COCCOCCNc1cccc2c1C(=O)N(C1CCC(=O)NC1=O)C2=O. The lowest BCUT2D eigenvalue weighted by Gasteiger charge is -2.27. The van der Waals surface area contributed by atoms with Gasteiger partial charge in [0.2, 0.25) is 11.8 Å². The average molecular weight is 431 g/mol. The molecule has 0 radical (unpaired) electrons. The molecular formula is C22H29N3O6. The van der Waals surface area contributed by atoms with Gasteiger partial charge in [0, 0.05) is 25.3 Å². The Balaban J connectivity index is 1.53. The first kappa shape index (κ1) is 22.9. The van der Waals surface area contributed by atoms with E-state index < -0.39 is 29.7 Å². The van der Waals surface area contributed by atoms with Gasteiger partial charge in [0.25, 0.3) is 11.8 Å². The first-order chi connectivity index (χ1) is 14.9. The van der Waals surface area contributed by atoms with Gasteiger partial charge in [-0.2, -0.15) is 0 Å². The number of amides is 4. The number of nitrogens with zero attached hydrogens (tertiary/aromatic N) is 1. The Bertz CT molecular complexity index is 856. The van der Waals surface area contributed by atoms with Gasteiger partial charge in [-0.15, -0.1) is 0 Å². The topological polar surface area (TPSA) is 114 Å². The van der Waals surface area contributed by atoms with Crippen molar-refractivity contribution in [1.29, 1.82) is 0 Å². The van der Waals surface area contributed by atoms with Crippen LogP contribution in [-0.4, -0.2) is 67.5 Å². The van der Waals surface area contributed by atoms with Gasteiger partial charge in [0.1, 0.15) is 6.04 Å². The van der Waals surface area contributed by atoms with Crippen molar-refractivity contribution >= 4 is 29.3 Å². The molecule has 2 atom stereocenters. The van der Waals surface area contributed by atoms with Gasteiger partial charge < -0.3 is 14.8 Å². The zero-order valence-corrected chi connectivity index (χ0v) is 17.9. The Morgan fingerprint density at radius 3 is 2.65 bits per heavy atom. The lowest BCUT2D eigenvalue weighted by atomic mass is 10.0. The van der Waals surface area contributed by atoms with Crippen molar-refractivity contribution in [3.8, 4) is 0 Å². The van der Waals surface area contributed by atoms with E-state index in [0.29, 0.717) is 44.6 Å². The van der Waals surface area contributed by atoms with Crippen molar-refractivity contribution in [2.24, 2.45) is 5.92 Å². The Hall–Kier alpha value is -2.78. The third-order valence-electron chi connectivity index (χ3n) is 5.50. The van der Waals surface area contributed by atoms with Crippen LogP contribution >= 0.6 is 0 Å². The van der Waals surface area contributed by atoms with E-state index in [9.17, 15) is 19.2 Å². The van der Waals surface area contributed by atoms with E-state index in [1.165, 1.54) is 0 Å². The Morgan fingerprint density at radius 2 is 1.90 bits per heavy atom. The first-order valence-corrected chi connectivity index (χ1v) is 10.7. The van der Waals surface area contributed by atoms with Crippen LogP contribution in [0.4, 0.5) is 5.69 Å². The van der Waals surface area contributed by atoms with Gasteiger partial charge in [-0.05, 0) is 24.5 Å². The predicted octanol–water partition coefficient (Wildman–Crippen LogP) is 1.58. The maximum absolute atomic E-state index is 13.0. The second-order valence-corrected chi connectivity index (χ2v) is 7.80. The summed E-state index contributed by atoms with van der Waals surface area (Å²) in [4.78, 5) is 50.3. The fraction of sp³-hybridized carbons (Fsp3) is 0.545. The number of piperidine rings is 1. The van der Waals surface area contributed by atoms with Crippen molar-refractivity contribution in [3.05, 3.63) is 29.3 Å². The fourth-order valence-electron chi connectivity index (χ4n) is 3.54. The number of ether oxygens (including phenoxy) is 2. The van der Waals surface area contributed by atoms with Crippen LogP contribution in [0.15, 0.2) is 18.2 Å². The number of hydrogen-bond donors (Lipinski definition) is 2. The summed E-state index contributed by atoms with van der Waals surface area (Å²) in [7, 11) is 0. The number of fused-ring (bicyclic) bond motifs is 1. The molecule has 0 saturated carbocycles. The summed E-state index contributed by atoms with van der Waals surface area (Å²) in [6.45, 7) is 6.84. The molecule has 168 valence electrons. The van der Waals surface area contributed by atoms with Crippen LogP contribution in [0.25, 0.3) is 0 Å². The molecule has 31 heavy (non-hydrogen) atoms. The quantitative estimate of drug-likeness (QED) is 0.404. The highest BCUT2D eigenvalue weighted by molar-refractivity contribution is 6.25. The number of carbonyl (C=O) groups is 4. The lowest BCUT2D eigenvalue weighted by molar-refractivity contribution is -0.136. The van der Waals surface area contributed by atoms with Crippen LogP contribution in [0.5, 0.6) is 0 Å². The van der Waals surface area contributed by atoms with Crippen LogP contribution in [0.1, 0.15) is 53.8 Å². The van der Waals surface area contributed by atoms with E-state index in [0.717, 1.165) is 11.3 Å². The number of carbonyl (C=O) groups excluding carboxylic acids is 4. The van der Waals surface area contributed by atoms with Gasteiger partial charge in [-0.25, -0.2) is 0 Å². The summed E-state index contributed by atoms with van der Waals surface area (Å²) >= 11 is 0. The first-order valence-electron chi connectivity index (χ1n) is 10.7. The molecule has 1 aromatic carbocycles. The van der Waals surface area contributed by atoms with Crippen LogP contribution in [-0.2, 0) is 19.1 Å². The lowest BCUT2D eigenvalue weighted by Crippen LogP contribution is -2.54. The highest BCUT2D eigenvalue weighted by Gasteiger charge is 2.45. The summed E-state index contributed by atoms with van der Waals surface area (Å²) in [5, 5.41) is 5.33. The molecule has 0 spiro atoms. The van der Waals surface area contributed by atoms with Crippen LogP contribution in [0.3, 0.4) is 0 Å². The Kier molecular flexibility index (Phi) is 7.75. The molecular weight excluding hydrogens is 402 g/mol. The molecule has 2 N–H and O–H groups in total. The highest BCUT2D eigenvalue weighted by Crippen LogP contribution is 2.32. The summed E-state index contributed by atoms with van der Waals surface area (Å²) in [6, 6.07) is 3.99.